The van der Waals surface area contributed by atoms with Gasteiger partial charge in [-0.05, 0) is 30.2 Å². The van der Waals surface area contributed by atoms with Crippen molar-refractivity contribution in [1.29, 1.82) is 0 Å². The van der Waals surface area contributed by atoms with Crippen molar-refractivity contribution in [2.45, 2.75) is 26.7 Å². The van der Waals surface area contributed by atoms with Gasteiger partial charge in [0.15, 0.2) is 0 Å². The van der Waals surface area contributed by atoms with E-state index in [0.29, 0.717) is 5.75 Å². The van der Waals surface area contributed by atoms with Gasteiger partial charge in [-0.2, -0.15) is 0 Å². The third kappa shape index (κ3) is 8.01. The van der Waals surface area contributed by atoms with E-state index in [1.165, 1.54) is 0 Å². The van der Waals surface area contributed by atoms with Crippen LogP contribution in [0.1, 0.15) is 26.7 Å². The van der Waals surface area contributed by atoms with Crippen LogP contribution in [0.4, 0.5) is 0 Å². The van der Waals surface area contributed by atoms with Crippen LogP contribution in [-0.4, -0.2) is 10.3 Å². The molecule has 2 nitrogen and oxygen atoms in total. The van der Waals surface area contributed by atoms with Gasteiger partial charge in [0.1, 0.15) is 5.75 Å². The van der Waals surface area contributed by atoms with E-state index in [-0.39, 0.29) is 11.2 Å². The van der Waals surface area contributed by atoms with Crippen molar-refractivity contribution in [3.63, 3.8) is 0 Å². The molecule has 0 saturated heterocycles. The summed E-state index contributed by atoms with van der Waals surface area (Å²) in [6.45, 7) is 3.88. The van der Waals surface area contributed by atoms with E-state index >= 15 is 0 Å². The molecule has 0 aliphatic carbocycles. The Morgan fingerprint density at radius 1 is 1.40 bits per heavy atom. The Labute approximate surface area is 95.9 Å². The zero-order valence-corrected chi connectivity index (χ0v) is 9.87. The van der Waals surface area contributed by atoms with Crippen LogP contribution in [0.25, 0.3) is 0 Å². The Balaban J connectivity index is 0.000000262. The normalized spacial score (nSPS) is 11.1. The second-order valence-corrected chi connectivity index (χ2v) is 3.70. The van der Waals surface area contributed by atoms with Crippen molar-refractivity contribution >= 4 is 16.8 Å². The molecule has 0 radical (unpaired) electrons. The predicted molar refractivity (Wildman–Crippen MR) is 63.0 cm³/mol. The Morgan fingerprint density at radius 2 is 1.93 bits per heavy atom. The van der Waals surface area contributed by atoms with Crippen molar-refractivity contribution in [2.75, 3.05) is 0 Å². The summed E-state index contributed by atoms with van der Waals surface area (Å²) >= 11 is 5.17. The molecule has 1 aromatic rings. The summed E-state index contributed by atoms with van der Waals surface area (Å²) in [4.78, 5) is 10.3. The highest BCUT2D eigenvalue weighted by Crippen LogP contribution is 2.07. The molecule has 1 N–H and O–H groups in total. The van der Waals surface area contributed by atoms with Gasteiger partial charge in [-0.15, -0.1) is 0 Å². The molecule has 0 heterocycles. The first-order valence-electron chi connectivity index (χ1n) is 5.01. The molecule has 0 aliphatic rings. The van der Waals surface area contributed by atoms with Crippen LogP contribution in [0.3, 0.4) is 0 Å². The second kappa shape index (κ2) is 8.30. The average molecular weight is 229 g/mol. The number of halogens is 1. The van der Waals surface area contributed by atoms with E-state index in [2.05, 4.69) is 0 Å². The summed E-state index contributed by atoms with van der Waals surface area (Å²) < 4.78 is 0. The Bertz CT molecular complexity index is 272. The average Bonchev–Trinajstić information content (AvgIpc) is 2.20. The number of phenolic OH excluding ortho intramolecular Hbond substituents is 1. The minimum absolute atomic E-state index is 0.0432. The van der Waals surface area contributed by atoms with Gasteiger partial charge < -0.3 is 5.11 Å². The molecule has 15 heavy (non-hydrogen) atoms. The molecule has 1 rings (SSSR count). The zero-order chi connectivity index (χ0) is 11.7. The summed E-state index contributed by atoms with van der Waals surface area (Å²) in [6, 6.07) is 8.71. The molecule has 0 spiro atoms. The maximum Gasteiger partial charge on any atom is 0.224 e. The lowest BCUT2D eigenvalue weighted by atomic mass is 10.1. The topological polar surface area (TPSA) is 37.3 Å². The van der Waals surface area contributed by atoms with Crippen LogP contribution in [-0.2, 0) is 4.79 Å². The van der Waals surface area contributed by atoms with Crippen molar-refractivity contribution in [2.24, 2.45) is 5.92 Å². The van der Waals surface area contributed by atoms with Crippen molar-refractivity contribution in [3.05, 3.63) is 30.3 Å². The Hall–Kier alpha value is -1.02. The largest absolute Gasteiger partial charge is 0.508 e. The number of para-hydroxylation sites is 1. The molecule has 0 aromatic heterocycles. The lowest BCUT2D eigenvalue weighted by Crippen LogP contribution is -2.01. The van der Waals surface area contributed by atoms with Crippen LogP contribution < -0.4 is 0 Å². The second-order valence-electron chi connectivity index (χ2n) is 3.33. The highest BCUT2D eigenvalue weighted by Gasteiger charge is 2.06. The summed E-state index contributed by atoms with van der Waals surface area (Å²) in [5.41, 5.74) is 0. The molecule has 3 heteroatoms. The number of hydrogen-bond acceptors (Lipinski definition) is 2. The molecule has 0 aliphatic heterocycles. The maximum absolute atomic E-state index is 10.3. The van der Waals surface area contributed by atoms with Crippen LogP contribution in [0.15, 0.2) is 30.3 Å². The van der Waals surface area contributed by atoms with Crippen molar-refractivity contribution in [3.8, 4) is 5.75 Å². The molecule has 1 atom stereocenters. The van der Waals surface area contributed by atoms with Gasteiger partial charge in [0.25, 0.3) is 0 Å². The molecule has 0 amide bonds. The number of rotatable bonds is 3. The van der Waals surface area contributed by atoms with Crippen LogP contribution in [0, 0.1) is 5.92 Å². The SMILES string of the molecule is CCCC(C)C(=O)Cl.Oc1ccccc1. The predicted octanol–water partition coefficient (Wildman–Crippen LogP) is 3.58. The monoisotopic (exact) mass is 228 g/mol. The number of carbonyl (C=O) groups is 1. The van der Waals surface area contributed by atoms with Gasteiger partial charge in [-0.1, -0.05) is 38.5 Å². The highest BCUT2D eigenvalue weighted by atomic mass is 35.5. The lowest BCUT2D eigenvalue weighted by molar-refractivity contribution is -0.114. The fraction of sp³-hybridized carbons (Fsp3) is 0.417. The van der Waals surface area contributed by atoms with Crippen molar-refractivity contribution < 1.29 is 9.90 Å². The Morgan fingerprint density at radius 3 is 2.13 bits per heavy atom. The quantitative estimate of drug-likeness (QED) is 0.803. The minimum Gasteiger partial charge on any atom is -0.508 e. The molecule has 84 valence electrons. The number of aromatic hydroxyl groups is 1. The first-order valence-corrected chi connectivity index (χ1v) is 5.39. The number of benzene rings is 1. The first kappa shape index (κ1) is 14.0. The third-order valence-electron chi connectivity index (χ3n) is 1.87. The smallest absolute Gasteiger partial charge is 0.224 e. The lowest BCUT2D eigenvalue weighted by Gasteiger charge is -1.99. The van der Waals surface area contributed by atoms with Gasteiger partial charge in [0.05, 0.1) is 0 Å². The Kier molecular flexibility index (Phi) is 7.74. The number of hydrogen-bond donors (Lipinski definition) is 1. The molecular weight excluding hydrogens is 212 g/mol. The fourth-order valence-electron chi connectivity index (χ4n) is 0.974. The van der Waals surface area contributed by atoms with E-state index < -0.39 is 0 Å². The maximum atomic E-state index is 10.3. The molecule has 0 fully saturated rings. The van der Waals surface area contributed by atoms with E-state index in [1.54, 1.807) is 24.3 Å². The van der Waals surface area contributed by atoms with Crippen LogP contribution in [0.2, 0.25) is 0 Å². The summed E-state index contributed by atoms with van der Waals surface area (Å²) in [6.07, 6.45) is 1.93. The standard InChI is InChI=1S/C6H11ClO.C6H6O/c1-3-4-5(2)6(7)8;7-6-4-2-1-3-5-6/h5H,3-4H2,1-2H3;1-5,7H. The molecule has 0 bridgehead atoms. The number of phenols is 1. The van der Waals surface area contributed by atoms with E-state index in [0.717, 1.165) is 12.8 Å². The molecule has 1 aromatic carbocycles. The highest BCUT2D eigenvalue weighted by molar-refractivity contribution is 6.63. The fourth-order valence-corrected chi connectivity index (χ4v) is 1.08. The van der Waals surface area contributed by atoms with Gasteiger partial charge in [-0.25, -0.2) is 0 Å². The van der Waals surface area contributed by atoms with Gasteiger partial charge in [0.2, 0.25) is 5.24 Å². The minimum atomic E-state index is -0.216. The summed E-state index contributed by atoms with van der Waals surface area (Å²) in [7, 11) is 0. The zero-order valence-electron chi connectivity index (χ0n) is 9.11. The van der Waals surface area contributed by atoms with E-state index in [9.17, 15) is 4.79 Å². The van der Waals surface area contributed by atoms with Crippen LogP contribution in [0.5, 0.6) is 5.75 Å². The van der Waals surface area contributed by atoms with Crippen LogP contribution >= 0.6 is 11.6 Å². The van der Waals surface area contributed by atoms with E-state index in [4.69, 9.17) is 16.7 Å². The van der Waals surface area contributed by atoms with Gasteiger partial charge in [0, 0.05) is 5.92 Å². The van der Waals surface area contributed by atoms with Crippen molar-refractivity contribution in [1.82, 2.24) is 0 Å². The first-order chi connectivity index (χ1) is 7.07. The molecule has 1 unspecified atom stereocenters. The van der Waals surface area contributed by atoms with Gasteiger partial charge in [-0.3, -0.25) is 4.79 Å². The van der Waals surface area contributed by atoms with E-state index in [1.807, 2.05) is 19.9 Å². The number of carbonyl (C=O) groups excluding carboxylic acids is 1. The third-order valence-corrected chi connectivity index (χ3v) is 2.24. The summed E-state index contributed by atoms with van der Waals surface area (Å²) in [5, 5.41) is 8.42. The summed E-state index contributed by atoms with van der Waals surface area (Å²) in [5.74, 6) is 0.365. The van der Waals surface area contributed by atoms with Gasteiger partial charge >= 0.3 is 0 Å². The molecule has 0 saturated carbocycles. The molecular formula is C12H17ClO2.